The van der Waals surface area contributed by atoms with Crippen LogP contribution < -0.4 is 4.74 Å². The fourth-order valence-corrected chi connectivity index (χ4v) is 12.0. The molecule has 0 aliphatic carbocycles. The molecule has 0 saturated heterocycles. The molecule has 0 heterocycles. The smallest absolute Gasteiger partial charge is 0.485 e. The number of aliphatic hydroxyl groups is 3. The molecular weight excluding hydrogens is 1270 g/mol. The van der Waals surface area contributed by atoms with Crippen molar-refractivity contribution in [2.75, 3.05) is 32.8 Å². The molecule has 0 radical (unpaired) electrons. The molecule has 25 heteroatoms. The summed E-state index contributed by atoms with van der Waals surface area (Å²) in [6.45, 7) is 4.04. The Hall–Kier alpha value is -6.85. The van der Waals surface area contributed by atoms with Gasteiger partial charge in [-0.1, -0.05) is 132 Å². The number of phenolic OH excluding ortho intramolecular Hbond substituents is 1. The molecule has 8 aromatic rings. The monoisotopic (exact) mass is 1340 g/mol. The van der Waals surface area contributed by atoms with Gasteiger partial charge in [-0.2, -0.15) is 42.6 Å². The quantitative estimate of drug-likeness (QED) is 0.00851. The van der Waals surface area contributed by atoms with E-state index in [-0.39, 0.29) is 49.5 Å². The van der Waals surface area contributed by atoms with Crippen LogP contribution in [0.25, 0.3) is 0 Å². The van der Waals surface area contributed by atoms with Crippen molar-refractivity contribution in [2.45, 2.75) is 75.2 Å². The molecule has 0 fully saturated rings. The highest BCUT2D eigenvalue weighted by Crippen LogP contribution is 2.33. The topological polar surface area (TPSA) is 268 Å². The van der Waals surface area contributed by atoms with Crippen molar-refractivity contribution in [3.63, 3.8) is 0 Å². The zero-order valence-corrected chi connectivity index (χ0v) is 53.8. The molecule has 0 aliphatic heterocycles. The van der Waals surface area contributed by atoms with Gasteiger partial charge in [-0.15, -0.1) is 11.8 Å². The highest BCUT2D eigenvalue weighted by Gasteiger charge is 2.42. The molecule has 0 saturated carbocycles. The number of methoxy groups -OCH3 is 1. The maximum absolute atomic E-state index is 13.4. The Morgan fingerprint density at radius 1 is 0.596 bits per heavy atom. The average Bonchev–Trinajstić information content (AvgIpc) is 1.78. The summed E-state index contributed by atoms with van der Waals surface area (Å²) in [4.78, 5) is 28.8. The van der Waals surface area contributed by atoms with E-state index < -0.39 is 71.8 Å². The fraction of sp³-hybridized carbons (Fsp3) is 0.219. The number of benzene rings is 8. The van der Waals surface area contributed by atoms with Crippen LogP contribution in [0.4, 0.5) is 13.2 Å². The lowest BCUT2D eigenvalue weighted by Crippen LogP contribution is -2.41. The number of rotatable bonds is 21. The van der Waals surface area contributed by atoms with E-state index in [0.29, 0.717) is 22.8 Å². The van der Waals surface area contributed by atoms with Gasteiger partial charge in [0.25, 0.3) is 20.2 Å². The lowest BCUT2D eigenvalue weighted by atomic mass is 9.86. The van der Waals surface area contributed by atoms with Crippen molar-refractivity contribution in [1.82, 2.24) is 0 Å². The van der Waals surface area contributed by atoms with Gasteiger partial charge in [-0.05, 0) is 128 Å². The number of phenols is 1. The Kier molecular flexibility index (Phi) is 26.4. The highest BCUT2D eigenvalue weighted by molar-refractivity contribution is 7.98. The third kappa shape index (κ3) is 20.6. The van der Waals surface area contributed by atoms with Crippen LogP contribution in [-0.2, 0) is 78.9 Å². The molecule has 3 atom stereocenters. The van der Waals surface area contributed by atoms with Gasteiger partial charge in [0.05, 0.1) is 23.5 Å². The van der Waals surface area contributed by atoms with E-state index in [1.807, 2.05) is 32.2 Å². The standard InChI is InChI=1S/C24H24O7S.C24H24O5S3.C15H16OS.CHF3O3S/c1-17-3-13-22(14-4-17)32(28,29)31-16-24(27,20-9-11-21(30-2)12-10-20)23(26)19-7-5-18(15-25)6-8-19;1-17-3-13-22(14-4-17)32(27,28)29-16-24(26,20-9-11-21(31-2)12-10-20)23(25)19-7-5-18(15-30)6-8-19;1-12-5-3-4-6-13(12)11-17(2)15-9-7-14(16)8-10-15;2-1(3,4)8(5,6)7/h3-14,25,27H,15-16H2,1-2H3;3-14,26,30H,15-16H2,1-2H3;3-10H,11H2,1-2H3;(H,5,6,7). The van der Waals surface area contributed by atoms with E-state index in [1.54, 1.807) is 109 Å². The Bertz CT molecular complexity index is 3760. The maximum Gasteiger partial charge on any atom is 0.485 e. The summed E-state index contributed by atoms with van der Waals surface area (Å²) in [6.07, 6.45) is 4.16. The van der Waals surface area contributed by atoms with Crippen molar-refractivity contribution in [3.05, 3.63) is 250 Å². The molecule has 16 nitrogen and oxygen atoms in total. The first-order chi connectivity index (χ1) is 41.8. The van der Waals surface area contributed by atoms with Gasteiger partial charge in [0, 0.05) is 38.2 Å². The summed E-state index contributed by atoms with van der Waals surface area (Å²) in [5.74, 6) is 1.01. The van der Waals surface area contributed by atoms with E-state index >= 15 is 0 Å². The van der Waals surface area contributed by atoms with Crippen LogP contribution >= 0.6 is 24.4 Å². The van der Waals surface area contributed by atoms with E-state index in [2.05, 4.69) is 50.1 Å². The number of aryl methyl sites for hydroxylation is 3. The van der Waals surface area contributed by atoms with E-state index in [1.165, 1.54) is 83.4 Å². The predicted molar refractivity (Wildman–Crippen MR) is 338 cm³/mol. The zero-order chi connectivity index (χ0) is 66.0. The number of ether oxygens (including phenoxy) is 1. The lowest BCUT2D eigenvalue weighted by molar-refractivity contribution is -0.0518. The van der Waals surface area contributed by atoms with Crippen LogP contribution in [-0.4, -0.2) is 100 Å². The Morgan fingerprint density at radius 3 is 1.37 bits per heavy atom. The first-order valence-corrected chi connectivity index (χ1v) is 34.3. The van der Waals surface area contributed by atoms with Crippen molar-refractivity contribution >= 4 is 77.2 Å². The molecule has 0 bridgehead atoms. The molecule has 8 rings (SSSR count). The summed E-state index contributed by atoms with van der Waals surface area (Å²) >= 11 is 5.72. The van der Waals surface area contributed by atoms with Gasteiger partial charge >= 0.3 is 5.51 Å². The van der Waals surface area contributed by atoms with Crippen molar-refractivity contribution < 1.29 is 86.1 Å². The molecule has 0 aromatic heterocycles. The fourth-order valence-electron chi connectivity index (χ4n) is 7.93. The van der Waals surface area contributed by atoms with Crippen molar-refractivity contribution in [1.29, 1.82) is 0 Å². The number of carbonyl (C=O) groups excluding carboxylic acids is 2. The second-order valence-electron chi connectivity index (χ2n) is 19.7. The second kappa shape index (κ2) is 32.2. The predicted octanol–water partition coefficient (Wildman–Crippen LogP) is 11.2. The van der Waals surface area contributed by atoms with E-state index in [4.69, 9.17) is 26.1 Å². The maximum atomic E-state index is 13.4. The van der Waals surface area contributed by atoms with Crippen molar-refractivity contribution in [3.8, 4) is 11.5 Å². The third-order valence-electron chi connectivity index (χ3n) is 13.3. The highest BCUT2D eigenvalue weighted by atomic mass is 32.2. The van der Waals surface area contributed by atoms with Crippen molar-refractivity contribution in [2.24, 2.45) is 0 Å². The van der Waals surface area contributed by atoms with Crippen LogP contribution in [0.15, 0.2) is 214 Å². The number of hydrogen-bond acceptors (Lipinski definition) is 18. The largest absolute Gasteiger partial charge is 0.741 e. The Morgan fingerprint density at radius 2 is 1.00 bits per heavy atom. The summed E-state index contributed by atoms with van der Waals surface area (Å²) in [5.41, 5.74) is -3.32. The Labute approximate surface area is 529 Å². The van der Waals surface area contributed by atoms with Gasteiger partial charge in [-0.25, -0.2) is 8.42 Å². The lowest BCUT2D eigenvalue weighted by Gasteiger charge is -2.27. The number of alkyl halides is 3. The van der Waals surface area contributed by atoms with Gasteiger partial charge in [0.2, 0.25) is 11.6 Å². The zero-order valence-electron chi connectivity index (χ0n) is 48.8. The number of thioether (sulfide) groups is 1. The second-order valence-corrected chi connectivity index (χ2v) is 27.5. The number of thiol groups is 1. The van der Waals surface area contributed by atoms with Gasteiger partial charge in [0.1, 0.15) is 36.7 Å². The first kappa shape index (κ1) is 72.9. The van der Waals surface area contributed by atoms with Crippen LogP contribution in [0.5, 0.6) is 11.5 Å². The number of ketones is 2. The molecular formula is C64H65F3O16S6. The molecule has 3 unspecified atom stereocenters. The van der Waals surface area contributed by atoms with Crippen LogP contribution in [0.3, 0.4) is 0 Å². The van der Waals surface area contributed by atoms with E-state index in [0.717, 1.165) is 27.3 Å². The number of halogens is 3. The molecule has 0 spiro atoms. The molecule has 89 heavy (non-hydrogen) atoms. The summed E-state index contributed by atoms with van der Waals surface area (Å²) in [6, 6.07) is 53.7. The average molecular weight is 1340 g/mol. The van der Waals surface area contributed by atoms with Crippen LogP contribution in [0, 0.1) is 20.8 Å². The minimum atomic E-state index is -6.09. The van der Waals surface area contributed by atoms with Crippen LogP contribution in [0.2, 0.25) is 0 Å². The third-order valence-corrected chi connectivity index (χ3v) is 19.4. The molecule has 4 N–H and O–H groups in total. The Balaban J connectivity index is 0.000000237. The summed E-state index contributed by atoms with van der Waals surface area (Å²) < 4.78 is 125. The van der Waals surface area contributed by atoms with Gasteiger partial charge in [-0.3, -0.25) is 18.0 Å². The minimum absolute atomic E-state index is 0.0474. The molecule has 0 amide bonds. The normalized spacial score (nSPS) is 13.3. The van der Waals surface area contributed by atoms with Gasteiger partial charge < -0.3 is 29.7 Å². The SMILES string of the molecule is COc1ccc(C(O)(COS(=O)(=O)c2ccc(C)cc2)C(=O)c2ccc(CO)cc2)cc1.CSc1ccc(C(O)(COS(=O)(=O)c2ccc(C)cc2)C(=O)c2ccc(CS)cc2)cc1.Cc1ccccc1C[S+](C)c1ccc(O)cc1.O=S(=O)([O-])C(F)(F)F. The van der Waals surface area contributed by atoms with Crippen LogP contribution in [0.1, 0.15) is 65.2 Å². The summed E-state index contributed by atoms with van der Waals surface area (Å²) in [5, 5.41) is 41.4. The number of carbonyl (C=O) groups is 2. The minimum Gasteiger partial charge on any atom is -0.741 e. The molecule has 8 aromatic carbocycles. The van der Waals surface area contributed by atoms with E-state index in [9.17, 15) is 60.0 Å². The summed E-state index contributed by atoms with van der Waals surface area (Å²) in [7, 11) is -12.8. The number of aromatic hydroxyl groups is 1. The molecule has 0 aliphatic rings. The number of aliphatic hydroxyl groups excluding tert-OH is 1. The number of hydrogen-bond donors (Lipinski definition) is 5. The number of Topliss-reactive ketones (excluding diaryl/α,β-unsaturated/α-hetero) is 2. The first-order valence-electron chi connectivity index (χ1n) is 26.4. The molecule has 474 valence electrons. The van der Waals surface area contributed by atoms with Gasteiger partial charge in [0.15, 0.2) is 26.2 Å².